The Hall–Kier alpha value is -0.900. The topological polar surface area (TPSA) is 33.2 Å². The van der Waals surface area contributed by atoms with Crippen molar-refractivity contribution in [1.29, 1.82) is 0 Å². The van der Waals surface area contributed by atoms with Gasteiger partial charge in [0.1, 0.15) is 4.60 Å². The highest BCUT2D eigenvalue weighted by molar-refractivity contribution is 9.10. The first-order chi connectivity index (χ1) is 8.06. The minimum atomic E-state index is 0.117. The zero-order valence-corrected chi connectivity index (χ0v) is 11.8. The average Bonchev–Trinajstić information content (AvgIpc) is 2.26. The maximum absolute atomic E-state index is 12.3. The number of aromatic nitrogens is 1. The van der Waals surface area contributed by atoms with Crippen molar-refractivity contribution >= 4 is 21.8 Å². The lowest BCUT2D eigenvalue weighted by Gasteiger charge is -2.35. The lowest BCUT2D eigenvalue weighted by atomic mass is 9.91. The van der Waals surface area contributed by atoms with E-state index in [0.29, 0.717) is 22.0 Å². The zero-order chi connectivity index (χ0) is 12.4. The van der Waals surface area contributed by atoms with Crippen molar-refractivity contribution in [3.8, 4) is 0 Å². The number of likely N-dealkylation sites (tertiary alicyclic amines) is 1. The Morgan fingerprint density at radius 3 is 2.65 bits per heavy atom. The molecule has 2 unspecified atom stereocenters. The van der Waals surface area contributed by atoms with Crippen LogP contribution in [0.2, 0.25) is 0 Å². The van der Waals surface area contributed by atoms with Crippen LogP contribution in [0.4, 0.5) is 0 Å². The van der Waals surface area contributed by atoms with Crippen molar-refractivity contribution in [2.75, 3.05) is 13.1 Å². The maximum Gasteiger partial charge on any atom is 0.254 e. The SMILES string of the molecule is CC1CC(C)CN(C(=O)c2ccnc(Br)c2)C1. The Labute approximate surface area is 110 Å². The van der Waals surface area contributed by atoms with Gasteiger partial charge in [0.25, 0.3) is 5.91 Å². The summed E-state index contributed by atoms with van der Waals surface area (Å²) in [5, 5.41) is 0. The molecule has 1 saturated heterocycles. The molecule has 1 aromatic heterocycles. The second-order valence-electron chi connectivity index (χ2n) is 5.02. The molecule has 92 valence electrons. The van der Waals surface area contributed by atoms with Gasteiger partial charge in [-0.1, -0.05) is 13.8 Å². The van der Waals surface area contributed by atoms with Gasteiger partial charge in [0.05, 0.1) is 0 Å². The average molecular weight is 297 g/mol. The lowest BCUT2D eigenvalue weighted by Crippen LogP contribution is -2.42. The van der Waals surface area contributed by atoms with Gasteiger partial charge in [-0.2, -0.15) is 0 Å². The Morgan fingerprint density at radius 1 is 1.41 bits per heavy atom. The number of nitrogens with zero attached hydrogens (tertiary/aromatic N) is 2. The van der Waals surface area contributed by atoms with Crippen LogP contribution >= 0.6 is 15.9 Å². The van der Waals surface area contributed by atoms with Crippen molar-refractivity contribution < 1.29 is 4.79 Å². The van der Waals surface area contributed by atoms with E-state index in [-0.39, 0.29) is 5.91 Å². The Balaban J connectivity index is 2.14. The molecule has 0 saturated carbocycles. The molecular weight excluding hydrogens is 280 g/mol. The molecule has 0 radical (unpaired) electrons. The van der Waals surface area contributed by atoms with E-state index >= 15 is 0 Å². The molecule has 0 N–H and O–H groups in total. The monoisotopic (exact) mass is 296 g/mol. The first kappa shape index (κ1) is 12.6. The molecule has 1 aliphatic heterocycles. The Kier molecular flexibility index (Phi) is 3.82. The first-order valence-electron chi connectivity index (χ1n) is 5.97. The molecule has 17 heavy (non-hydrogen) atoms. The van der Waals surface area contributed by atoms with Crippen LogP contribution in [0.15, 0.2) is 22.9 Å². The van der Waals surface area contributed by atoms with Crippen LogP contribution in [-0.4, -0.2) is 28.9 Å². The first-order valence-corrected chi connectivity index (χ1v) is 6.76. The van der Waals surface area contributed by atoms with Crippen molar-refractivity contribution in [2.24, 2.45) is 11.8 Å². The molecule has 0 aliphatic carbocycles. The van der Waals surface area contributed by atoms with Crippen LogP contribution in [0.1, 0.15) is 30.6 Å². The second-order valence-corrected chi connectivity index (χ2v) is 5.84. The summed E-state index contributed by atoms with van der Waals surface area (Å²) in [6.07, 6.45) is 2.87. The summed E-state index contributed by atoms with van der Waals surface area (Å²) in [6, 6.07) is 3.56. The van der Waals surface area contributed by atoms with Gasteiger partial charge < -0.3 is 4.90 Å². The molecule has 2 heterocycles. The standard InChI is InChI=1S/C13H17BrN2O/c1-9-5-10(2)8-16(7-9)13(17)11-3-4-15-12(14)6-11/h3-4,6,9-10H,5,7-8H2,1-2H3. The fourth-order valence-electron chi connectivity index (χ4n) is 2.55. The van der Waals surface area contributed by atoms with E-state index in [1.807, 2.05) is 4.90 Å². The molecule has 1 fully saturated rings. The van der Waals surface area contributed by atoms with Crippen LogP contribution in [0.25, 0.3) is 0 Å². The number of rotatable bonds is 1. The third-order valence-corrected chi connectivity index (χ3v) is 3.56. The molecular formula is C13H17BrN2O. The van der Waals surface area contributed by atoms with Crippen LogP contribution in [0.3, 0.4) is 0 Å². The maximum atomic E-state index is 12.3. The Bertz CT molecular complexity index is 412. The zero-order valence-electron chi connectivity index (χ0n) is 10.2. The molecule has 2 rings (SSSR count). The van der Waals surface area contributed by atoms with Crippen LogP contribution in [0.5, 0.6) is 0 Å². The van der Waals surface area contributed by atoms with Gasteiger partial charge in [-0.15, -0.1) is 0 Å². The minimum Gasteiger partial charge on any atom is -0.338 e. The molecule has 0 spiro atoms. The number of pyridine rings is 1. The summed E-state index contributed by atoms with van der Waals surface area (Å²) in [7, 11) is 0. The number of halogens is 1. The number of piperidine rings is 1. The van der Waals surface area contributed by atoms with Crippen LogP contribution in [0, 0.1) is 11.8 Å². The number of carbonyl (C=O) groups excluding carboxylic acids is 1. The van der Waals surface area contributed by atoms with Crippen molar-refractivity contribution in [3.63, 3.8) is 0 Å². The second kappa shape index (κ2) is 5.17. The summed E-state index contributed by atoms with van der Waals surface area (Å²) in [6.45, 7) is 6.14. The van der Waals surface area contributed by atoms with Crippen molar-refractivity contribution in [1.82, 2.24) is 9.88 Å². The molecule has 1 aliphatic rings. The normalized spacial score (nSPS) is 24.8. The minimum absolute atomic E-state index is 0.117. The van der Waals surface area contributed by atoms with E-state index in [1.165, 1.54) is 6.42 Å². The highest BCUT2D eigenvalue weighted by Gasteiger charge is 2.26. The fourth-order valence-corrected chi connectivity index (χ4v) is 2.91. The molecule has 0 bridgehead atoms. The van der Waals surface area contributed by atoms with Gasteiger partial charge in [-0.25, -0.2) is 4.98 Å². The third-order valence-electron chi connectivity index (χ3n) is 3.13. The number of amides is 1. The smallest absolute Gasteiger partial charge is 0.254 e. The predicted molar refractivity (Wildman–Crippen MR) is 70.8 cm³/mol. The van der Waals surface area contributed by atoms with E-state index in [0.717, 1.165) is 13.1 Å². The van der Waals surface area contributed by atoms with Gasteiger partial charge in [-0.05, 0) is 46.3 Å². The molecule has 1 amide bonds. The summed E-state index contributed by atoms with van der Waals surface area (Å²) in [5.74, 6) is 1.30. The molecule has 3 nitrogen and oxygen atoms in total. The van der Waals surface area contributed by atoms with E-state index in [4.69, 9.17) is 0 Å². The predicted octanol–water partition coefficient (Wildman–Crippen LogP) is 2.96. The molecule has 4 heteroatoms. The van der Waals surface area contributed by atoms with E-state index in [2.05, 4.69) is 34.8 Å². The van der Waals surface area contributed by atoms with E-state index in [1.54, 1.807) is 18.3 Å². The number of hydrogen-bond donors (Lipinski definition) is 0. The number of carbonyl (C=O) groups is 1. The third kappa shape index (κ3) is 3.06. The highest BCUT2D eigenvalue weighted by Crippen LogP contribution is 2.22. The quantitative estimate of drug-likeness (QED) is 0.747. The van der Waals surface area contributed by atoms with E-state index in [9.17, 15) is 4.79 Å². The van der Waals surface area contributed by atoms with Gasteiger partial charge in [0.2, 0.25) is 0 Å². The highest BCUT2D eigenvalue weighted by atomic mass is 79.9. The Morgan fingerprint density at radius 2 is 2.06 bits per heavy atom. The van der Waals surface area contributed by atoms with Crippen molar-refractivity contribution in [3.05, 3.63) is 28.5 Å². The van der Waals surface area contributed by atoms with E-state index < -0.39 is 0 Å². The fraction of sp³-hybridized carbons (Fsp3) is 0.538. The summed E-state index contributed by atoms with van der Waals surface area (Å²) < 4.78 is 0.710. The summed E-state index contributed by atoms with van der Waals surface area (Å²) in [5.41, 5.74) is 0.716. The summed E-state index contributed by atoms with van der Waals surface area (Å²) in [4.78, 5) is 18.3. The van der Waals surface area contributed by atoms with Gasteiger partial charge in [0, 0.05) is 24.8 Å². The van der Waals surface area contributed by atoms with Crippen LogP contribution < -0.4 is 0 Å². The molecule has 0 aromatic carbocycles. The summed E-state index contributed by atoms with van der Waals surface area (Å²) >= 11 is 3.30. The van der Waals surface area contributed by atoms with Gasteiger partial charge >= 0.3 is 0 Å². The lowest BCUT2D eigenvalue weighted by molar-refractivity contribution is 0.0623. The van der Waals surface area contributed by atoms with Crippen molar-refractivity contribution in [2.45, 2.75) is 20.3 Å². The van der Waals surface area contributed by atoms with Gasteiger partial charge in [0.15, 0.2) is 0 Å². The van der Waals surface area contributed by atoms with Crippen LogP contribution in [-0.2, 0) is 0 Å². The largest absolute Gasteiger partial charge is 0.338 e. The molecule has 2 atom stereocenters. The van der Waals surface area contributed by atoms with Gasteiger partial charge in [-0.3, -0.25) is 4.79 Å². The number of hydrogen-bond acceptors (Lipinski definition) is 2. The molecule has 1 aromatic rings.